The first-order valence-electron chi connectivity index (χ1n) is 7.36. The number of rotatable bonds is 4. The van der Waals surface area contributed by atoms with E-state index in [4.69, 9.17) is 9.90 Å². The zero-order valence-electron chi connectivity index (χ0n) is 13.2. The van der Waals surface area contributed by atoms with Crippen molar-refractivity contribution in [3.8, 4) is 0 Å². The first-order chi connectivity index (χ1) is 11.2. The summed E-state index contributed by atoms with van der Waals surface area (Å²) < 4.78 is 2.23. The van der Waals surface area contributed by atoms with Crippen LogP contribution in [0.5, 0.6) is 0 Å². The van der Waals surface area contributed by atoms with Gasteiger partial charge in [-0.1, -0.05) is 26.0 Å². The quantitative estimate of drug-likeness (QED) is 0.720. The summed E-state index contributed by atoms with van der Waals surface area (Å²) in [5.41, 5.74) is 3.12. The lowest BCUT2D eigenvalue weighted by molar-refractivity contribution is -0.122. The van der Waals surface area contributed by atoms with Gasteiger partial charge in [0, 0.05) is 12.7 Å². The van der Waals surface area contributed by atoms with E-state index in [0.717, 1.165) is 29.2 Å². The lowest BCUT2D eigenvalue weighted by atomic mass is 10.2. The van der Waals surface area contributed by atoms with Crippen LogP contribution in [0.15, 0.2) is 48.8 Å². The standard InChI is InChI=1S/C16H18N4.CH2O2/c1-12(2)11-20-15-8-4-3-7-14(15)19-16(20)18-13-6-5-9-17-10-13;2-1-3/h3-10,12H,11H2,1-2H3,(H,18,19);1H,(H,2,3). The molecule has 120 valence electrons. The number of carboxylic acid groups (broad SMARTS) is 1. The molecular weight excluding hydrogens is 292 g/mol. The fourth-order valence-corrected chi connectivity index (χ4v) is 2.29. The third-order valence-corrected chi connectivity index (χ3v) is 3.12. The molecule has 0 aliphatic heterocycles. The van der Waals surface area contributed by atoms with Gasteiger partial charge in [-0.2, -0.15) is 0 Å². The molecule has 0 aliphatic rings. The zero-order valence-corrected chi connectivity index (χ0v) is 13.2. The summed E-state index contributed by atoms with van der Waals surface area (Å²) in [6.07, 6.45) is 3.57. The molecule has 0 bridgehead atoms. The predicted molar refractivity (Wildman–Crippen MR) is 90.8 cm³/mol. The van der Waals surface area contributed by atoms with Crippen LogP contribution in [-0.2, 0) is 11.3 Å². The molecular formula is C17H20N4O2. The molecule has 2 heterocycles. The van der Waals surface area contributed by atoms with Gasteiger partial charge in [-0.05, 0) is 30.2 Å². The van der Waals surface area contributed by atoms with Gasteiger partial charge in [-0.25, -0.2) is 4.98 Å². The first kappa shape index (κ1) is 16.5. The Labute approximate surface area is 134 Å². The van der Waals surface area contributed by atoms with Gasteiger partial charge in [0.15, 0.2) is 0 Å². The van der Waals surface area contributed by atoms with Crippen molar-refractivity contribution in [1.29, 1.82) is 0 Å². The smallest absolute Gasteiger partial charge is 0.290 e. The lowest BCUT2D eigenvalue weighted by Gasteiger charge is -2.12. The molecule has 0 atom stereocenters. The second kappa shape index (κ2) is 7.93. The molecule has 0 aliphatic carbocycles. The van der Waals surface area contributed by atoms with Crippen molar-refractivity contribution in [2.45, 2.75) is 20.4 Å². The maximum atomic E-state index is 8.36. The Hall–Kier alpha value is -2.89. The molecule has 0 unspecified atom stereocenters. The van der Waals surface area contributed by atoms with Crippen LogP contribution in [0.1, 0.15) is 13.8 Å². The van der Waals surface area contributed by atoms with Gasteiger partial charge < -0.3 is 15.0 Å². The van der Waals surface area contributed by atoms with Crippen LogP contribution in [0, 0.1) is 5.92 Å². The van der Waals surface area contributed by atoms with Gasteiger partial charge >= 0.3 is 0 Å². The summed E-state index contributed by atoms with van der Waals surface area (Å²) in [4.78, 5) is 17.2. The Morgan fingerprint density at radius 3 is 2.65 bits per heavy atom. The monoisotopic (exact) mass is 312 g/mol. The topological polar surface area (TPSA) is 80.0 Å². The highest BCUT2D eigenvalue weighted by Gasteiger charge is 2.11. The number of carbonyl (C=O) groups is 1. The number of hydrogen-bond acceptors (Lipinski definition) is 4. The molecule has 0 saturated carbocycles. The Kier molecular flexibility index (Phi) is 5.68. The van der Waals surface area contributed by atoms with Gasteiger partial charge in [0.05, 0.1) is 22.9 Å². The summed E-state index contributed by atoms with van der Waals surface area (Å²) in [6.45, 7) is 5.11. The van der Waals surface area contributed by atoms with E-state index in [1.165, 1.54) is 0 Å². The minimum Gasteiger partial charge on any atom is -0.483 e. The molecule has 3 aromatic rings. The van der Waals surface area contributed by atoms with Crippen molar-refractivity contribution in [2.75, 3.05) is 5.32 Å². The Balaban J connectivity index is 0.000000595. The third-order valence-electron chi connectivity index (χ3n) is 3.12. The van der Waals surface area contributed by atoms with Gasteiger partial charge in [-0.3, -0.25) is 9.78 Å². The minimum absolute atomic E-state index is 0.250. The maximum absolute atomic E-state index is 8.36. The molecule has 6 nitrogen and oxygen atoms in total. The van der Waals surface area contributed by atoms with Gasteiger partial charge in [0.1, 0.15) is 0 Å². The van der Waals surface area contributed by atoms with E-state index in [2.05, 4.69) is 45.8 Å². The second-order valence-electron chi connectivity index (χ2n) is 5.40. The molecule has 0 amide bonds. The van der Waals surface area contributed by atoms with Crippen molar-refractivity contribution < 1.29 is 9.90 Å². The van der Waals surface area contributed by atoms with Crippen LogP contribution >= 0.6 is 0 Å². The van der Waals surface area contributed by atoms with Crippen LogP contribution in [-0.4, -0.2) is 26.1 Å². The summed E-state index contributed by atoms with van der Waals surface area (Å²) in [5.74, 6) is 1.43. The number of nitrogens with one attached hydrogen (secondary N) is 1. The normalized spacial score (nSPS) is 10.2. The SMILES string of the molecule is CC(C)Cn1c(Nc2cccnc2)nc2ccccc21.O=CO. The van der Waals surface area contributed by atoms with Crippen LogP contribution in [0.25, 0.3) is 11.0 Å². The lowest BCUT2D eigenvalue weighted by Crippen LogP contribution is -2.08. The summed E-state index contributed by atoms with van der Waals surface area (Å²) in [7, 11) is 0. The van der Waals surface area contributed by atoms with E-state index in [1.807, 2.05) is 24.3 Å². The molecule has 0 fully saturated rings. The van der Waals surface area contributed by atoms with Crippen LogP contribution in [0.2, 0.25) is 0 Å². The molecule has 2 N–H and O–H groups in total. The second-order valence-corrected chi connectivity index (χ2v) is 5.40. The van der Waals surface area contributed by atoms with Gasteiger partial charge in [0.25, 0.3) is 6.47 Å². The molecule has 0 radical (unpaired) electrons. The van der Waals surface area contributed by atoms with Crippen LogP contribution < -0.4 is 5.32 Å². The van der Waals surface area contributed by atoms with E-state index in [1.54, 1.807) is 12.4 Å². The summed E-state index contributed by atoms with van der Waals surface area (Å²) >= 11 is 0. The zero-order chi connectivity index (χ0) is 16.7. The number of nitrogens with zero attached hydrogens (tertiary/aromatic N) is 3. The number of pyridine rings is 1. The van der Waals surface area contributed by atoms with Crippen molar-refractivity contribution >= 4 is 29.1 Å². The molecule has 6 heteroatoms. The maximum Gasteiger partial charge on any atom is 0.290 e. The number of benzene rings is 1. The van der Waals surface area contributed by atoms with E-state index in [-0.39, 0.29) is 6.47 Å². The third kappa shape index (κ3) is 4.29. The number of para-hydroxylation sites is 2. The molecule has 2 aromatic heterocycles. The number of imidazole rings is 1. The minimum atomic E-state index is -0.250. The fourth-order valence-electron chi connectivity index (χ4n) is 2.29. The van der Waals surface area contributed by atoms with Crippen molar-refractivity contribution in [3.63, 3.8) is 0 Å². The number of hydrogen-bond donors (Lipinski definition) is 2. The molecule has 0 saturated heterocycles. The van der Waals surface area contributed by atoms with Crippen molar-refractivity contribution in [3.05, 3.63) is 48.8 Å². The molecule has 1 aromatic carbocycles. The number of fused-ring (bicyclic) bond motifs is 1. The number of anilines is 2. The average Bonchev–Trinajstić information content (AvgIpc) is 2.86. The van der Waals surface area contributed by atoms with E-state index >= 15 is 0 Å². The van der Waals surface area contributed by atoms with Crippen LogP contribution in [0.3, 0.4) is 0 Å². The molecule has 0 spiro atoms. The van der Waals surface area contributed by atoms with E-state index in [9.17, 15) is 0 Å². The van der Waals surface area contributed by atoms with Crippen molar-refractivity contribution in [2.24, 2.45) is 5.92 Å². The van der Waals surface area contributed by atoms with E-state index < -0.39 is 0 Å². The van der Waals surface area contributed by atoms with Crippen molar-refractivity contribution in [1.82, 2.24) is 14.5 Å². The predicted octanol–water partition coefficient (Wildman–Crippen LogP) is 3.53. The molecule has 3 rings (SSSR count). The number of aromatic nitrogens is 3. The average molecular weight is 312 g/mol. The highest BCUT2D eigenvalue weighted by Crippen LogP contribution is 2.23. The van der Waals surface area contributed by atoms with Crippen LogP contribution in [0.4, 0.5) is 11.6 Å². The molecule has 23 heavy (non-hydrogen) atoms. The first-order valence-corrected chi connectivity index (χ1v) is 7.36. The Morgan fingerprint density at radius 1 is 1.26 bits per heavy atom. The summed E-state index contributed by atoms with van der Waals surface area (Å²) in [5, 5.41) is 10.2. The van der Waals surface area contributed by atoms with Gasteiger partial charge in [-0.15, -0.1) is 0 Å². The largest absolute Gasteiger partial charge is 0.483 e. The highest BCUT2D eigenvalue weighted by molar-refractivity contribution is 5.79. The van der Waals surface area contributed by atoms with E-state index in [0.29, 0.717) is 5.92 Å². The summed E-state index contributed by atoms with van der Waals surface area (Å²) in [6, 6.07) is 12.1. The Morgan fingerprint density at radius 2 is 2.00 bits per heavy atom. The van der Waals surface area contributed by atoms with Gasteiger partial charge in [0.2, 0.25) is 5.95 Å². The fraction of sp³-hybridized carbons (Fsp3) is 0.235. The Bertz CT molecular complexity index is 754. The highest BCUT2D eigenvalue weighted by atomic mass is 16.3.